The lowest BCUT2D eigenvalue weighted by Crippen LogP contribution is -2.40. The Balaban J connectivity index is 5.08. The van der Waals surface area contributed by atoms with E-state index < -0.39 is 22.4 Å². The highest BCUT2D eigenvalue weighted by molar-refractivity contribution is 5.79. The second kappa shape index (κ2) is 5.29. The Hall–Kier alpha value is -1.06. The fraction of sp³-hybridized carbons (Fsp3) is 0.857. The highest BCUT2D eigenvalue weighted by Crippen LogP contribution is 2.38. The van der Waals surface area contributed by atoms with Crippen molar-refractivity contribution in [2.24, 2.45) is 10.8 Å². The summed E-state index contributed by atoms with van der Waals surface area (Å²) in [7, 11) is 0. The number of rotatable bonds is 5. The molecule has 0 aromatic carbocycles. The molecule has 0 spiro atoms. The van der Waals surface area contributed by atoms with Crippen molar-refractivity contribution in [3.8, 4) is 0 Å². The third kappa shape index (κ3) is 4.67. The molecule has 1 unspecified atom stereocenters. The van der Waals surface area contributed by atoms with Gasteiger partial charge in [-0.05, 0) is 54.4 Å². The largest absolute Gasteiger partial charge is 0.481 e. The first-order valence-corrected chi connectivity index (χ1v) is 6.29. The molecule has 0 radical (unpaired) electrons. The monoisotopic (exact) mass is 259 g/mol. The van der Waals surface area contributed by atoms with Gasteiger partial charge in [0.15, 0.2) is 0 Å². The third-order valence-electron chi connectivity index (χ3n) is 3.06. The zero-order valence-corrected chi connectivity index (χ0v) is 12.5. The average molecular weight is 259 g/mol. The van der Waals surface area contributed by atoms with E-state index in [1.54, 1.807) is 20.8 Å². The number of carbonyl (C=O) groups is 2. The number of hydrogen-bond acceptors (Lipinski definition) is 4. The summed E-state index contributed by atoms with van der Waals surface area (Å²) in [5, 5.41) is 4.04. The van der Waals surface area contributed by atoms with Crippen LogP contribution in [0, 0.1) is 10.8 Å². The zero-order valence-electron chi connectivity index (χ0n) is 13.5. The molecule has 4 heteroatoms. The standard InChI is InChI=1S/C14H26O4/c1-8-14(7,9-13(5,6)10(15)16)11(17)18-12(2,3)4/h8-9H2,1-7H3,(H,15,16)/i/hD. The van der Waals surface area contributed by atoms with Crippen LogP contribution in [0.1, 0.15) is 61.3 Å². The Morgan fingerprint density at radius 1 is 1.17 bits per heavy atom. The van der Waals surface area contributed by atoms with Crippen LogP contribution in [0.15, 0.2) is 0 Å². The molecule has 1 atom stereocenters. The van der Waals surface area contributed by atoms with Crippen LogP contribution in [0.4, 0.5) is 0 Å². The van der Waals surface area contributed by atoms with Crippen LogP contribution in [0.3, 0.4) is 0 Å². The molecule has 0 amide bonds. The Kier molecular flexibility index (Phi) is 4.41. The van der Waals surface area contributed by atoms with Crippen LogP contribution in [0.2, 0.25) is 0 Å². The van der Waals surface area contributed by atoms with Crippen molar-refractivity contribution >= 4 is 11.9 Å². The van der Waals surface area contributed by atoms with Gasteiger partial charge < -0.3 is 9.85 Å². The average Bonchev–Trinajstić information content (AvgIpc) is 2.24. The number of aliphatic carboxylic acids is 1. The van der Waals surface area contributed by atoms with Crippen molar-refractivity contribution in [1.29, 1.82) is 1.43 Å². The van der Waals surface area contributed by atoms with E-state index in [1.165, 1.54) is 0 Å². The highest BCUT2D eigenvalue weighted by atomic mass is 16.6. The number of ether oxygens (including phenoxy) is 1. The van der Waals surface area contributed by atoms with Crippen LogP contribution in [-0.2, 0) is 14.3 Å². The number of carbonyl (C=O) groups excluding carboxylic acids is 1. The second-order valence-corrected chi connectivity index (χ2v) is 6.76. The van der Waals surface area contributed by atoms with Gasteiger partial charge in [-0.25, -0.2) is 0 Å². The lowest BCUT2D eigenvalue weighted by atomic mass is 9.72. The van der Waals surface area contributed by atoms with Crippen LogP contribution >= 0.6 is 0 Å². The molecule has 0 saturated heterocycles. The first-order valence-electron chi connectivity index (χ1n) is 6.70. The fourth-order valence-corrected chi connectivity index (χ4v) is 1.79. The van der Waals surface area contributed by atoms with Gasteiger partial charge in [-0.2, -0.15) is 0 Å². The molecule has 0 aliphatic heterocycles. The van der Waals surface area contributed by atoms with E-state index in [4.69, 9.17) is 6.17 Å². The molecule has 1 N–H and O–H groups in total. The molecule has 0 aliphatic rings. The lowest BCUT2D eigenvalue weighted by molar-refractivity contribution is -0.170. The minimum atomic E-state index is -0.899. The quantitative estimate of drug-likeness (QED) is 0.770. The lowest BCUT2D eigenvalue weighted by Gasteiger charge is -2.35. The third-order valence-corrected chi connectivity index (χ3v) is 3.06. The van der Waals surface area contributed by atoms with E-state index in [0.29, 0.717) is 6.42 Å². The summed E-state index contributed by atoms with van der Waals surface area (Å²) in [6, 6.07) is 0. The van der Waals surface area contributed by atoms with Gasteiger partial charge >= 0.3 is 11.9 Å². The summed E-state index contributed by atoms with van der Waals surface area (Å²) >= 11 is 0. The van der Waals surface area contributed by atoms with Gasteiger partial charge in [0.2, 0.25) is 0 Å². The number of carboxylic acids is 1. The first kappa shape index (κ1) is 15.0. The Morgan fingerprint density at radius 2 is 1.67 bits per heavy atom. The van der Waals surface area contributed by atoms with Gasteiger partial charge in [0.05, 0.1) is 10.8 Å². The minimum absolute atomic E-state index is 0.281. The molecule has 0 saturated carbocycles. The molecule has 0 fully saturated rings. The number of hydrogen-bond donors (Lipinski definition) is 1. The van der Waals surface area contributed by atoms with Crippen molar-refractivity contribution in [2.75, 3.05) is 0 Å². The Labute approximate surface area is 111 Å². The summed E-state index contributed by atoms with van der Waals surface area (Å²) in [6.07, 6.45) is 0.833. The SMILES string of the molecule is [2H]OC(=O)C(C)(C)CC(C)(CC)C(=O)OC(C)(C)C. The summed E-state index contributed by atoms with van der Waals surface area (Å²) in [5.74, 6) is -0.968. The number of carboxylic acid groups (broad SMARTS) is 1. The molecular weight excluding hydrogens is 232 g/mol. The molecule has 4 nitrogen and oxygen atoms in total. The molecule has 0 aliphatic carbocycles. The van der Waals surface area contributed by atoms with Gasteiger partial charge in [-0.15, -0.1) is 0 Å². The van der Waals surface area contributed by atoms with Gasteiger partial charge in [-0.3, -0.25) is 9.59 Å². The van der Waals surface area contributed by atoms with Crippen molar-refractivity contribution in [1.82, 2.24) is 0 Å². The van der Waals surface area contributed by atoms with Crippen molar-refractivity contribution in [2.45, 2.75) is 66.9 Å². The normalized spacial score (nSPS) is 16.5. The molecule has 0 bridgehead atoms. The van der Waals surface area contributed by atoms with E-state index in [1.807, 2.05) is 27.7 Å². The van der Waals surface area contributed by atoms with Gasteiger partial charge in [0.1, 0.15) is 5.60 Å². The van der Waals surface area contributed by atoms with E-state index in [9.17, 15) is 9.59 Å². The molecule has 0 heterocycles. The summed E-state index contributed by atoms with van der Waals surface area (Å²) in [5.41, 5.74) is -2.23. The molecule has 0 aromatic rings. The topological polar surface area (TPSA) is 63.6 Å². The van der Waals surface area contributed by atoms with Crippen LogP contribution < -0.4 is 0 Å². The fourth-order valence-electron chi connectivity index (χ4n) is 1.79. The molecule has 0 rings (SSSR count). The van der Waals surface area contributed by atoms with Crippen LogP contribution in [0.25, 0.3) is 1.43 Å². The maximum atomic E-state index is 12.3. The van der Waals surface area contributed by atoms with Gasteiger partial charge in [0, 0.05) is 0 Å². The Bertz CT molecular complexity index is 344. The van der Waals surface area contributed by atoms with Crippen LogP contribution in [-0.4, -0.2) is 22.6 Å². The minimum Gasteiger partial charge on any atom is -0.481 e. The number of esters is 1. The second-order valence-electron chi connectivity index (χ2n) is 6.76. The maximum absolute atomic E-state index is 12.3. The van der Waals surface area contributed by atoms with Crippen molar-refractivity contribution in [3.63, 3.8) is 0 Å². The molecule has 106 valence electrons. The zero-order chi connectivity index (χ0) is 15.5. The van der Waals surface area contributed by atoms with E-state index >= 15 is 0 Å². The van der Waals surface area contributed by atoms with E-state index in [-0.39, 0.29) is 12.4 Å². The maximum Gasteiger partial charge on any atom is 0.312 e. The summed E-state index contributed by atoms with van der Waals surface area (Å²) in [6.45, 7) is 12.4. The van der Waals surface area contributed by atoms with Crippen LogP contribution in [0.5, 0.6) is 0 Å². The first-order chi connectivity index (χ1) is 8.38. The van der Waals surface area contributed by atoms with Gasteiger partial charge in [0.25, 0.3) is 1.43 Å². The van der Waals surface area contributed by atoms with Crippen molar-refractivity contribution < 1.29 is 19.4 Å². The predicted molar refractivity (Wildman–Crippen MR) is 70.3 cm³/mol. The predicted octanol–water partition coefficient (Wildman–Crippen LogP) is 3.25. The smallest absolute Gasteiger partial charge is 0.312 e. The molecule has 0 aromatic heterocycles. The van der Waals surface area contributed by atoms with E-state index in [2.05, 4.69) is 5.11 Å². The molecule has 18 heavy (non-hydrogen) atoms. The van der Waals surface area contributed by atoms with Crippen molar-refractivity contribution in [3.05, 3.63) is 0 Å². The Morgan fingerprint density at radius 3 is 2.00 bits per heavy atom. The summed E-state index contributed by atoms with van der Waals surface area (Å²) in [4.78, 5) is 23.9. The van der Waals surface area contributed by atoms with Gasteiger partial charge in [-0.1, -0.05) is 6.92 Å². The van der Waals surface area contributed by atoms with E-state index in [0.717, 1.165) is 0 Å². The summed E-state index contributed by atoms with van der Waals surface area (Å²) < 4.78 is 12.1. The highest BCUT2D eigenvalue weighted by Gasteiger charge is 2.43. The molecular formula is C14H26O4.